The lowest BCUT2D eigenvalue weighted by Crippen LogP contribution is -2.23. The van der Waals surface area contributed by atoms with Crippen LogP contribution in [-0.2, 0) is 6.54 Å². The molecule has 3 N–H and O–H groups in total. The SMILES string of the molecule is Cc1ccc(N)c(C(=O)NCc2nccs2)c1. The molecule has 0 fully saturated rings. The van der Waals surface area contributed by atoms with Gasteiger partial charge in [-0.15, -0.1) is 11.3 Å². The summed E-state index contributed by atoms with van der Waals surface area (Å²) >= 11 is 1.51. The number of anilines is 1. The van der Waals surface area contributed by atoms with E-state index < -0.39 is 0 Å². The van der Waals surface area contributed by atoms with Crippen molar-refractivity contribution in [2.75, 3.05) is 5.73 Å². The summed E-state index contributed by atoms with van der Waals surface area (Å²) in [5.41, 5.74) is 7.79. The van der Waals surface area contributed by atoms with Gasteiger partial charge < -0.3 is 11.1 Å². The van der Waals surface area contributed by atoms with Crippen LogP contribution in [0, 0.1) is 6.92 Å². The monoisotopic (exact) mass is 247 g/mol. The van der Waals surface area contributed by atoms with E-state index in [4.69, 9.17) is 5.73 Å². The highest BCUT2D eigenvalue weighted by molar-refractivity contribution is 7.09. The highest BCUT2D eigenvalue weighted by Crippen LogP contribution is 2.13. The van der Waals surface area contributed by atoms with Crippen molar-refractivity contribution in [2.24, 2.45) is 0 Å². The molecule has 0 spiro atoms. The number of carbonyl (C=O) groups excluding carboxylic acids is 1. The Morgan fingerprint density at radius 3 is 3.06 bits per heavy atom. The van der Waals surface area contributed by atoms with E-state index in [9.17, 15) is 4.79 Å². The molecule has 0 aliphatic heterocycles. The number of thiazole rings is 1. The molecular weight excluding hydrogens is 234 g/mol. The zero-order chi connectivity index (χ0) is 12.3. The number of hydrogen-bond donors (Lipinski definition) is 2. The van der Waals surface area contributed by atoms with Gasteiger partial charge in [0.15, 0.2) is 0 Å². The molecule has 0 atom stereocenters. The van der Waals surface area contributed by atoms with E-state index in [1.165, 1.54) is 11.3 Å². The summed E-state index contributed by atoms with van der Waals surface area (Å²) in [6.45, 7) is 2.36. The molecule has 2 rings (SSSR count). The van der Waals surface area contributed by atoms with Gasteiger partial charge >= 0.3 is 0 Å². The second kappa shape index (κ2) is 4.97. The third-order valence-corrected chi connectivity index (χ3v) is 3.12. The van der Waals surface area contributed by atoms with Crippen LogP contribution in [0.5, 0.6) is 0 Å². The van der Waals surface area contributed by atoms with Crippen molar-refractivity contribution in [3.8, 4) is 0 Å². The molecule has 0 radical (unpaired) electrons. The average molecular weight is 247 g/mol. The third kappa shape index (κ3) is 2.82. The van der Waals surface area contributed by atoms with Crippen LogP contribution in [-0.4, -0.2) is 10.9 Å². The molecular formula is C12H13N3OS. The largest absolute Gasteiger partial charge is 0.398 e. The summed E-state index contributed by atoms with van der Waals surface area (Å²) in [4.78, 5) is 16.0. The quantitative estimate of drug-likeness (QED) is 0.815. The number of nitrogens with one attached hydrogen (secondary N) is 1. The van der Waals surface area contributed by atoms with Crippen LogP contribution in [0.15, 0.2) is 29.8 Å². The van der Waals surface area contributed by atoms with Crippen LogP contribution in [0.25, 0.3) is 0 Å². The smallest absolute Gasteiger partial charge is 0.253 e. The number of aryl methyl sites for hydroxylation is 1. The number of benzene rings is 1. The van der Waals surface area contributed by atoms with Gasteiger partial charge in [-0.25, -0.2) is 4.98 Å². The Kier molecular flexibility index (Phi) is 3.39. The summed E-state index contributed by atoms with van der Waals surface area (Å²) in [6.07, 6.45) is 1.72. The number of nitrogens with two attached hydrogens (primary N) is 1. The highest BCUT2D eigenvalue weighted by atomic mass is 32.1. The van der Waals surface area contributed by atoms with E-state index in [-0.39, 0.29) is 5.91 Å². The van der Waals surface area contributed by atoms with Crippen LogP contribution in [0.3, 0.4) is 0 Å². The number of hydrogen-bond acceptors (Lipinski definition) is 4. The van der Waals surface area contributed by atoms with Gasteiger partial charge in [-0.3, -0.25) is 4.79 Å². The molecule has 17 heavy (non-hydrogen) atoms. The molecule has 2 aromatic rings. The molecule has 0 aliphatic rings. The number of rotatable bonds is 3. The topological polar surface area (TPSA) is 68.0 Å². The first-order valence-electron chi connectivity index (χ1n) is 5.19. The summed E-state index contributed by atoms with van der Waals surface area (Å²) in [5, 5.41) is 5.56. The van der Waals surface area contributed by atoms with Crippen molar-refractivity contribution >= 4 is 22.9 Å². The summed E-state index contributed by atoms with van der Waals surface area (Å²) in [5.74, 6) is -0.165. The first-order chi connectivity index (χ1) is 8.16. The number of nitrogens with zero attached hydrogens (tertiary/aromatic N) is 1. The van der Waals surface area contributed by atoms with Crippen molar-refractivity contribution < 1.29 is 4.79 Å². The van der Waals surface area contributed by atoms with Crippen molar-refractivity contribution in [1.29, 1.82) is 0 Å². The number of nitrogen functional groups attached to an aromatic ring is 1. The van der Waals surface area contributed by atoms with E-state index in [0.29, 0.717) is 17.8 Å². The average Bonchev–Trinajstić information content (AvgIpc) is 2.82. The maximum Gasteiger partial charge on any atom is 0.253 e. The maximum atomic E-state index is 11.9. The number of aromatic nitrogens is 1. The van der Waals surface area contributed by atoms with Gasteiger partial charge in [-0.05, 0) is 19.1 Å². The molecule has 0 unspecified atom stereocenters. The fourth-order valence-electron chi connectivity index (χ4n) is 1.46. The Balaban J connectivity index is 2.07. The lowest BCUT2D eigenvalue weighted by molar-refractivity contribution is 0.0951. The van der Waals surface area contributed by atoms with Gasteiger partial charge in [0, 0.05) is 17.3 Å². The summed E-state index contributed by atoms with van der Waals surface area (Å²) < 4.78 is 0. The van der Waals surface area contributed by atoms with Crippen molar-refractivity contribution in [3.63, 3.8) is 0 Å². The Morgan fingerprint density at radius 1 is 1.53 bits per heavy atom. The molecule has 1 aromatic heterocycles. The zero-order valence-corrected chi connectivity index (χ0v) is 10.3. The normalized spacial score (nSPS) is 10.2. The first-order valence-corrected chi connectivity index (χ1v) is 6.07. The molecule has 0 bridgehead atoms. The van der Waals surface area contributed by atoms with Gasteiger partial charge in [-0.1, -0.05) is 11.6 Å². The van der Waals surface area contributed by atoms with Crippen LogP contribution in [0.2, 0.25) is 0 Å². The van der Waals surface area contributed by atoms with Gasteiger partial charge in [0.2, 0.25) is 0 Å². The van der Waals surface area contributed by atoms with Crippen LogP contribution < -0.4 is 11.1 Å². The highest BCUT2D eigenvalue weighted by Gasteiger charge is 2.09. The lowest BCUT2D eigenvalue weighted by atomic mass is 10.1. The Bertz CT molecular complexity index is 523. The molecule has 4 nitrogen and oxygen atoms in total. The molecule has 1 amide bonds. The lowest BCUT2D eigenvalue weighted by Gasteiger charge is -2.07. The minimum atomic E-state index is -0.165. The van der Waals surface area contributed by atoms with Crippen molar-refractivity contribution in [3.05, 3.63) is 45.9 Å². The van der Waals surface area contributed by atoms with E-state index in [1.807, 2.05) is 18.4 Å². The van der Waals surface area contributed by atoms with E-state index >= 15 is 0 Å². The first kappa shape index (κ1) is 11.6. The predicted molar refractivity (Wildman–Crippen MR) is 68.9 cm³/mol. The number of carbonyl (C=O) groups is 1. The fourth-order valence-corrected chi connectivity index (χ4v) is 2.01. The Hall–Kier alpha value is -1.88. The minimum absolute atomic E-state index is 0.165. The van der Waals surface area contributed by atoms with Gasteiger partial charge in [0.1, 0.15) is 5.01 Å². The van der Waals surface area contributed by atoms with E-state index in [2.05, 4.69) is 10.3 Å². The maximum absolute atomic E-state index is 11.9. The molecule has 0 saturated carbocycles. The second-order valence-corrected chi connectivity index (χ2v) is 4.68. The van der Waals surface area contributed by atoms with E-state index in [1.54, 1.807) is 18.3 Å². The van der Waals surface area contributed by atoms with Gasteiger partial charge in [0.05, 0.1) is 12.1 Å². The fraction of sp³-hybridized carbons (Fsp3) is 0.167. The minimum Gasteiger partial charge on any atom is -0.398 e. The van der Waals surface area contributed by atoms with Crippen molar-refractivity contribution in [1.82, 2.24) is 10.3 Å². The predicted octanol–water partition coefficient (Wildman–Crippen LogP) is 1.96. The van der Waals surface area contributed by atoms with Gasteiger partial charge in [0.25, 0.3) is 5.91 Å². The number of amides is 1. The third-order valence-electron chi connectivity index (χ3n) is 2.34. The van der Waals surface area contributed by atoms with E-state index in [0.717, 1.165) is 10.6 Å². The Morgan fingerprint density at radius 2 is 2.35 bits per heavy atom. The van der Waals surface area contributed by atoms with Gasteiger partial charge in [-0.2, -0.15) is 0 Å². The molecule has 5 heteroatoms. The zero-order valence-electron chi connectivity index (χ0n) is 9.43. The molecule has 88 valence electrons. The van der Waals surface area contributed by atoms with Crippen LogP contribution >= 0.6 is 11.3 Å². The summed E-state index contributed by atoms with van der Waals surface area (Å²) in [7, 11) is 0. The summed E-state index contributed by atoms with van der Waals surface area (Å²) in [6, 6.07) is 5.41. The molecule has 0 aliphatic carbocycles. The molecule has 1 aromatic carbocycles. The van der Waals surface area contributed by atoms with Crippen molar-refractivity contribution in [2.45, 2.75) is 13.5 Å². The standard InChI is InChI=1S/C12H13N3OS/c1-8-2-3-10(13)9(6-8)12(16)15-7-11-14-4-5-17-11/h2-6H,7,13H2,1H3,(H,15,16). The van der Waals surface area contributed by atoms with Crippen LogP contribution in [0.4, 0.5) is 5.69 Å². The van der Waals surface area contributed by atoms with Crippen LogP contribution in [0.1, 0.15) is 20.9 Å². The second-order valence-electron chi connectivity index (χ2n) is 3.70. The molecule has 0 saturated heterocycles. The molecule has 1 heterocycles. The Labute approximate surface area is 103 Å².